The maximum atomic E-state index is 11.8. The molecule has 29 heavy (non-hydrogen) atoms. The Balaban J connectivity index is 1.84. The number of nitro groups is 1. The lowest BCUT2D eigenvalue weighted by atomic mass is 10.1. The summed E-state index contributed by atoms with van der Waals surface area (Å²) >= 11 is 0. The van der Waals surface area contributed by atoms with Crippen LogP contribution in [0.5, 0.6) is 11.5 Å². The third kappa shape index (κ3) is 6.31. The Morgan fingerprint density at radius 2 is 1.83 bits per heavy atom. The second kappa shape index (κ2) is 9.83. The number of nitrogens with zero attached hydrogens (tertiary/aromatic N) is 1. The van der Waals surface area contributed by atoms with Crippen LogP contribution >= 0.6 is 0 Å². The number of amides is 1. The lowest BCUT2D eigenvalue weighted by molar-refractivity contribution is -0.384. The van der Waals surface area contributed by atoms with E-state index in [1.54, 1.807) is 0 Å². The highest BCUT2D eigenvalue weighted by Gasteiger charge is 2.13. The van der Waals surface area contributed by atoms with Gasteiger partial charge in [0.15, 0.2) is 30.5 Å². The van der Waals surface area contributed by atoms with Gasteiger partial charge >= 0.3 is 5.97 Å². The lowest BCUT2D eigenvalue weighted by Crippen LogP contribution is -2.23. The second-order valence-electron chi connectivity index (χ2n) is 5.73. The Bertz CT molecular complexity index is 942. The van der Waals surface area contributed by atoms with Crippen LogP contribution in [0.2, 0.25) is 0 Å². The van der Waals surface area contributed by atoms with Gasteiger partial charge in [0.2, 0.25) is 0 Å². The van der Waals surface area contributed by atoms with Gasteiger partial charge in [-0.25, -0.2) is 4.79 Å². The van der Waals surface area contributed by atoms with Crippen molar-refractivity contribution in [1.29, 1.82) is 0 Å². The van der Waals surface area contributed by atoms with Gasteiger partial charge in [-0.05, 0) is 31.2 Å². The summed E-state index contributed by atoms with van der Waals surface area (Å²) in [5.41, 5.74) is 0.444. The summed E-state index contributed by atoms with van der Waals surface area (Å²) in [6.45, 7) is 0.330. The van der Waals surface area contributed by atoms with Gasteiger partial charge in [-0.15, -0.1) is 0 Å². The fraction of sp³-hybridized carbons (Fsp3) is 0.211. The van der Waals surface area contributed by atoms with Crippen molar-refractivity contribution in [1.82, 2.24) is 0 Å². The molecule has 0 spiro atoms. The summed E-state index contributed by atoms with van der Waals surface area (Å²) in [4.78, 5) is 45.1. The zero-order valence-electron chi connectivity index (χ0n) is 15.7. The van der Waals surface area contributed by atoms with Gasteiger partial charge in [0.05, 0.1) is 12.0 Å². The Labute approximate surface area is 165 Å². The molecule has 0 heterocycles. The van der Waals surface area contributed by atoms with Gasteiger partial charge in [0.25, 0.3) is 11.6 Å². The molecular formula is C19H18N2O8. The first kappa shape index (κ1) is 21.4. The normalized spacial score (nSPS) is 10.0. The molecule has 2 rings (SSSR count). The molecule has 1 amide bonds. The van der Waals surface area contributed by atoms with E-state index in [-0.39, 0.29) is 28.7 Å². The van der Waals surface area contributed by atoms with Crippen molar-refractivity contribution in [2.24, 2.45) is 0 Å². The number of benzene rings is 2. The number of rotatable bonds is 9. The van der Waals surface area contributed by atoms with Gasteiger partial charge in [-0.2, -0.15) is 0 Å². The van der Waals surface area contributed by atoms with Crippen molar-refractivity contribution >= 4 is 29.0 Å². The summed E-state index contributed by atoms with van der Waals surface area (Å²) in [5.74, 6) is -1.12. The molecule has 0 atom stereocenters. The standard InChI is InChI=1S/C19H18N2O8/c1-12(22)13-6-7-16(17(8-13)27-2)28-11-19(24)29-10-18(23)20-14-4-3-5-15(9-14)21(25)26/h3-9H,10-11H2,1-2H3,(H,20,23). The van der Waals surface area contributed by atoms with Crippen LogP contribution in [0, 0.1) is 10.1 Å². The van der Waals surface area contributed by atoms with E-state index in [1.807, 2.05) is 0 Å². The minimum atomic E-state index is -0.808. The minimum Gasteiger partial charge on any atom is -0.493 e. The van der Waals surface area contributed by atoms with Crippen LogP contribution in [0.4, 0.5) is 11.4 Å². The van der Waals surface area contributed by atoms with E-state index < -0.39 is 30.0 Å². The number of hydrogen-bond acceptors (Lipinski definition) is 8. The van der Waals surface area contributed by atoms with E-state index in [0.29, 0.717) is 5.56 Å². The van der Waals surface area contributed by atoms with Gasteiger partial charge in [-0.3, -0.25) is 19.7 Å². The molecule has 10 heteroatoms. The smallest absolute Gasteiger partial charge is 0.344 e. The molecule has 0 bridgehead atoms. The van der Waals surface area contributed by atoms with Crippen LogP contribution in [-0.4, -0.2) is 42.9 Å². The number of nitrogens with one attached hydrogen (secondary N) is 1. The van der Waals surface area contributed by atoms with Crippen molar-refractivity contribution in [2.75, 3.05) is 25.6 Å². The number of carbonyl (C=O) groups excluding carboxylic acids is 3. The number of ketones is 1. The van der Waals surface area contributed by atoms with Gasteiger partial charge < -0.3 is 19.5 Å². The average Bonchev–Trinajstić information content (AvgIpc) is 2.70. The highest BCUT2D eigenvalue weighted by atomic mass is 16.6. The number of carbonyl (C=O) groups is 3. The Hall–Kier alpha value is -3.95. The monoisotopic (exact) mass is 402 g/mol. The topological polar surface area (TPSA) is 134 Å². The van der Waals surface area contributed by atoms with Gasteiger partial charge in [-0.1, -0.05) is 6.07 Å². The molecule has 0 aliphatic heterocycles. The third-order valence-corrected chi connectivity index (χ3v) is 3.62. The average molecular weight is 402 g/mol. The molecule has 152 valence electrons. The van der Waals surface area contributed by atoms with Crippen molar-refractivity contribution < 1.29 is 33.5 Å². The van der Waals surface area contributed by atoms with Crippen LogP contribution in [0.1, 0.15) is 17.3 Å². The first-order valence-corrected chi connectivity index (χ1v) is 8.32. The highest BCUT2D eigenvalue weighted by molar-refractivity contribution is 5.95. The van der Waals surface area contributed by atoms with Crippen LogP contribution in [-0.2, 0) is 14.3 Å². The molecule has 1 N–H and O–H groups in total. The van der Waals surface area contributed by atoms with E-state index in [9.17, 15) is 24.5 Å². The predicted molar refractivity (Wildman–Crippen MR) is 101 cm³/mol. The Morgan fingerprint density at radius 3 is 2.48 bits per heavy atom. The first-order chi connectivity index (χ1) is 13.8. The SMILES string of the molecule is COc1cc(C(C)=O)ccc1OCC(=O)OCC(=O)Nc1cccc([N+](=O)[O-])c1. The molecule has 0 aromatic heterocycles. The fourth-order valence-corrected chi connectivity index (χ4v) is 2.22. The number of nitro benzene ring substituents is 1. The molecule has 0 aliphatic rings. The summed E-state index contributed by atoms with van der Waals surface area (Å²) in [6, 6.07) is 9.83. The van der Waals surface area contributed by atoms with E-state index in [4.69, 9.17) is 14.2 Å². The maximum Gasteiger partial charge on any atom is 0.344 e. The molecule has 10 nitrogen and oxygen atoms in total. The van der Waals surface area contributed by atoms with Gasteiger partial charge in [0.1, 0.15) is 0 Å². The maximum absolute atomic E-state index is 11.8. The molecule has 0 unspecified atom stereocenters. The Kier molecular flexibility index (Phi) is 7.24. The third-order valence-electron chi connectivity index (χ3n) is 3.62. The highest BCUT2D eigenvalue weighted by Crippen LogP contribution is 2.28. The van der Waals surface area contributed by atoms with Crippen molar-refractivity contribution in [3.63, 3.8) is 0 Å². The summed E-state index contributed by atoms with van der Waals surface area (Å²) in [5, 5.41) is 13.1. The number of anilines is 1. The molecule has 2 aromatic carbocycles. The lowest BCUT2D eigenvalue weighted by Gasteiger charge is -2.11. The number of methoxy groups -OCH3 is 1. The first-order valence-electron chi connectivity index (χ1n) is 8.32. The fourth-order valence-electron chi connectivity index (χ4n) is 2.22. The number of non-ortho nitro benzene ring substituents is 1. The Morgan fingerprint density at radius 1 is 1.07 bits per heavy atom. The van der Waals surface area contributed by atoms with Crippen LogP contribution in [0.3, 0.4) is 0 Å². The van der Waals surface area contributed by atoms with E-state index >= 15 is 0 Å². The summed E-state index contributed by atoms with van der Waals surface area (Å²) in [6.07, 6.45) is 0. The van der Waals surface area contributed by atoms with Crippen LogP contribution in [0.25, 0.3) is 0 Å². The van der Waals surface area contributed by atoms with Crippen LogP contribution in [0.15, 0.2) is 42.5 Å². The summed E-state index contributed by atoms with van der Waals surface area (Å²) in [7, 11) is 1.39. The number of Topliss-reactive ketones (excluding diaryl/α,β-unsaturated/α-hetero) is 1. The molecular weight excluding hydrogens is 384 g/mol. The second-order valence-corrected chi connectivity index (χ2v) is 5.73. The summed E-state index contributed by atoms with van der Waals surface area (Å²) < 4.78 is 15.2. The van der Waals surface area contributed by atoms with Crippen molar-refractivity contribution in [2.45, 2.75) is 6.92 Å². The minimum absolute atomic E-state index is 0.149. The van der Waals surface area contributed by atoms with E-state index in [1.165, 1.54) is 56.5 Å². The zero-order chi connectivity index (χ0) is 21.4. The van der Waals surface area contributed by atoms with E-state index in [0.717, 1.165) is 0 Å². The largest absolute Gasteiger partial charge is 0.493 e. The molecule has 0 saturated carbocycles. The molecule has 0 saturated heterocycles. The number of hydrogen-bond donors (Lipinski definition) is 1. The van der Waals surface area contributed by atoms with E-state index in [2.05, 4.69) is 5.32 Å². The molecule has 0 radical (unpaired) electrons. The number of esters is 1. The zero-order valence-corrected chi connectivity index (χ0v) is 15.7. The molecule has 0 aliphatic carbocycles. The predicted octanol–water partition coefficient (Wildman–Crippen LogP) is 2.37. The number of ether oxygens (including phenoxy) is 3. The molecule has 2 aromatic rings. The van der Waals surface area contributed by atoms with Crippen molar-refractivity contribution in [3.05, 3.63) is 58.1 Å². The van der Waals surface area contributed by atoms with Crippen LogP contribution < -0.4 is 14.8 Å². The van der Waals surface area contributed by atoms with Crippen molar-refractivity contribution in [3.8, 4) is 11.5 Å². The molecule has 0 fully saturated rings. The quantitative estimate of drug-likeness (QED) is 0.292. The van der Waals surface area contributed by atoms with Gasteiger partial charge in [0, 0.05) is 23.4 Å².